The van der Waals surface area contributed by atoms with Gasteiger partial charge >= 0.3 is 0 Å². The Balaban J connectivity index is 2.37. The Morgan fingerprint density at radius 2 is 1.89 bits per heavy atom. The van der Waals surface area contributed by atoms with Gasteiger partial charge in [0.25, 0.3) is 0 Å². The summed E-state index contributed by atoms with van der Waals surface area (Å²) in [4.78, 5) is 0. The minimum Gasteiger partial charge on any atom is -0.491 e. The lowest BCUT2D eigenvalue weighted by atomic mass is 10.0. The quantitative estimate of drug-likeness (QED) is 0.685. The van der Waals surface area contributed by atoms with Gasteiger partial charge in [-0.2, -0.15) is 0 Å². The molecule has 1 rings (SSSR count). The maximum absolute atomic E-state index is 6.05. The largest absolute Gasteiger partial charge is 0.491 e. The molecule has 0 saturated heterocycles. The Hall–Kier alpha value is -1.06. The smallest absolute Gasteiger partial charge is 0.124 e. The molecule has 0 fully saturated rings. The van der Waals surface area contributed by atoms with E-state index in [4.69, 9.17) is 15.2 Å². The van der Waals surface area contributed by atoms with Crippen LogP contribution in [0.4, 0.5) is 0 Å². The van der Waals surface area contributed by atoms with Crippen molar-refractivity contribution in [3.8, 4) is 5.75 Å². The first-order valence-electron chi connectivity index (χ1n) is 6.84. The summed E-state index contributed by atoms with van der Waals surface area (Å²) in [6.07, 6.45) is 3.18. The lowest BCUT2D eigenvalue weighted by molar-refractivity contribution is 0.0976. The minimum absolute atomic E-state index is 0.0437. The zero-order valence-electron chi connectivity index (χ0n) is 11.5. The van der Waals surface area contributed by atoms with Crippen LogP contribution in [0.1, 0.15) is 44.7 Å². The van der Waals surface area contributed by atoms with E-state index in [9.17, 15) is 0 Å². The Morgan fingerprint density at radius 1 is 1.11 bits per heavy atom. The van der Waals surface area contributed by atoms with Gasteiger partial charge in [-0.1, -0.05) is 38.5 Å². The maximum atomic E-state index is 6.05. The third-order valence-corrected chi connectivity index (χ3v) is 2.89. The fourth-order valence-corrected chi connectivity index (χ4v) is 1.70. The molecule has 102 valence electrons. The van der Waals surface area contributed by atoms with E-state index < -0.39 is 0 Å². The van der Waals surface area contributed by atoms with E-state index in [1.807, 2.05) is 24.3 Å². The predicted octanol–water partition coefficient (Wildman–Crippen LogP) is 3.29. The van der Waals surface area contributed by atoms with E-state index in [0.29, 0.717) is 13.2 Å². The van der Waals surface area contributed by atoms with Crippen molar-refractivity contribution < 1.29 is 9.47 Å². The summed E-state index contributed by atoms with van der Waals surface area (Å²) in [5, 5.41) is 0. The van der Waals surface area contributed by atoms with Gasteiger partial charge in [-0.25, -0.2) is 0 Å². The third-order valence-electron chi connectivity index (χ3n) is 2.89. The first-order valence-corrected chi connectivity index (χ1v) is 6.84. The number of hydrogen-bond acceptors (Lipinski definition) is 3. The molecule has 0 heterocycles. The van der Waals surface area contributed by atoms with Gasteiger partial charge in [0.2, 0.25) is 0 Å². The molecule has 1 aromatic carbocycles. The average Bonchev–Trinajstić information content (AvgIpc) is 2.42. The summed E-state index contributed by atoms with van der Waals surface area (Å²) in [6, 6.07) is 8.01. The van der Waals surface area contributed by atoms with Crippen molar-refractivity contribution in [1.82, 2.24) is 0 Å². The molecule has 0 amide bonds. The van der Waals surface area contributed by atoms with E-state index in [2.05, 4.69) is 13.8 Å². The second-order valence-corrected chi connectivity index (χ2v) is 4.37. The van der Waals surface area contributed by atoms with Gasteiger partial charge in [0.05, 0.1) is 6.61 Å². The zero-order valence-corrected chi connectivity index (χ0v) is 11.5. The lowest BCUT2D eigenvalue weighted by Gasteiger charge is -2.15. The molecule has 0 spiro atoms. The van der Waals surface area contributed by atoms with Crippen LogP contribution in [0.2, 0.25) is 0 Å². The van der Waals surface area contributed by atoms with Gasteiger partial charge in [-0.05, 0) is 18.9 Å². The Kier molecular flexibility index (Phi) is 7.46. The number of nitrogens with two attached hydrogens (primary N) is 1. The predicted molar refractivity (Wildman–Crippen MR) is 74.9 cm³/mol. The van der Waals surface area contributed by atoms with Crippen molar-refractivity contribution >= 4 is 0 Å². The standard InChI is InChI=1S/C15H25NO2/c1-3-5-10-17-11-12-18-15-9-7-6-8-13(15)14(16)4-2/h6-9,14H,3-5,10-12,16H2,1-2H3/t14-/m0/s1. The van der Waals surface area contributed by atoms with Crippen molar-refractivity contribution in [3.05, 3.63) is 29.8 Å². The average molecular weight is 251 g/mol. The second kappa shape index (κ2) is 8.95. The number of ether oxygens (including phenoxy) is 2. The molecule has 0 aromatic heterocycles. The molecule has 1 atom stereocenters. The summed E-state index contributed by atoms with van der Waals surface area (Å²) >= 11 is 0. The van der Waals surface area contributed by atoms with Gasteiger partial charge in [-0.15, -0.1) is 0 Å². The number of benzene rings is 1. The normalized spacial score (nSPS) is 12.4. The highest BCUT2D eigenvalue weighted by Gasteiger charge is 2.09. The summed E-state index contributed by atoms with van der Waals surface area (Å²) in [7, 11) is 0. The number of para-hydroxylation sites is 1. The summed E-state index contributed by atoms with van der Waals surface area (Å²) in [6.45, 7) is 6.26. The van der Waals surface area contributed by atoms with Crippen molar-refractivity contribution in [2.75, 3.05) is 19.8 Å². The molecule has 0 unspecified atom stereocenters. The van der Waals surface area contributed by atoms with Gasteiger partial charge in [0.1, 0.15) is 12.4 Å². The highest BCUT2D eigenvalue weighted by molar-refractivity contribution is 5.35. The summed E-state index contributed by atoms with van der Waals surface area (Å²) < 4.78 is 11.2. The van der Waals surface area contributed by atoms with Crippen LogP contribution in [0.25, 0.3) is 0 Å². The van der Waals surface area contributed by atoms with Crippen molar-refractivity contribution in [2.24, 2.45) is 5.73 Å². The number of hydrogen-bond donors (Lipinski definition) is 1. The highest BCUT2D eigenvalue weighted by atomic mass is 16.5. The maximum Gasteiger partial charge on any atom is 0.124 e. The summed E-state index contributed by atoms with van der Waals surface area (Å²) in [5.41, 5.74) is 7.13. The Labute approximate surface area is 110 Å². The van der Waals surface area contributed by atoms with Gasteiger partial charge in [0, 0.05) is 18.2 Å². The van der Waals surface area contributed by atoms with Gasteiger partial charge in [0.15, 0.2) is 0 Å². The SMILES string of the molecule is CCCCOCCOc1ccccc1[C@@H](N)CC. The van der Waals surface area contributed by atoms with Crippen LogP contribution in [-0.4, -0.2) is 19.8 Å². The molecular formula is C15H25NO2. The molecule has 3 nitrogen and oxygen atoms in total. The fraction of sp³-hybridized carbons (Fsp3) is 0.600. The number of unbranched alkanes of at least 4 members (excludes halogenated alkanes) is 1. The van der Waals surface area contributed by atoms with Crippen molar-refractivity contribution in [1.29, 1.82) is 0 Å². The molecule has 0 aliphatic heterocycles. The van der Waals surface area contributed by atoms with E-state index in [1.165, 1.54) is 0 Å². The highest BCUT2D eigenvalue weighted by Crippen LogP contribution is 2.25. The minimum atomic E-state index is 0.0437. The monoisotopic (exact) mass is 251 g/mol. The van der Waals surface area contributed by atoms with Crippen LogP contribution in [0, 0.1) is 0 Å². The van der Waals surface area contributed by atoms with Crippen LogP contribution in [0.3, 0.4) is 0 Å². The van der Waals surface area contributed by atoms with Crippen LogP contribution in [0.15, 0.2) is 24.3 Å². The first-order chi connectivity index (χ1) is 8.79. The van der Waals surface area contributed by atoms with E-state index in [-0.39, 0.29) is 6.04 Å². The van der Waals surface area contributed by atoms with Crippen LogP contribution < -0.4 is 10.5 Å². The topological polar surface area (TPSA) is 44.5 Å². The van der Waals surface area contributed by atoms with Gasteiger partial charge < -0.3 is 15.2 Å². The third kappa shape index (κ3) is 5.07. The van der Waals surface area contributed by atoms with Gasteiger partial charge in [-0.3, -0.25) is 0 Å². The molecule has 3 heteroatoms. The molecule has 0 radical (unpaired) electrons. The molecule has 0 bridgehead atoms. The molecule has 0 saturated carbocycles. The second-order valence-electron chi connectivity index (χ2n) is 4.37. The van der Waals surface area contributed by atoms with E-state index >= 15 is 0 Å². The lowest BCUT2D eigenvalue weighted by Crippen LogP contribution is -2.13. The first kappa shape index (κ1) is 15.0. The molecule has 18 heavy (non-hydrogen) atoms. The van der Waals surface area contributed by atoms with Crippen LogP contribution >= 0.6 is 0 Å². The zero-order chi connectivity index (χ0) is 13.2. The number of rotatable bonds is 9. The van der Waals surface area contributed by atoms with Crippen molar-refractivity contribution in [3.63, 3.8) is 0 Å². The fourth-order valence-electron chi connectivity index (χ4n) is 1.70. The molecule has 1 aromatic rings. The van der Waals surface area contributed by atoms with Crippen LogP contribution in [-0.2, 0) is 4.74 Å². The van der Waals surface area contributed by atoms with E-state index in [0.717, 1.165) is 37.2 Å². The molecule has 2 N–H and O–H groups in total. The summed E-state index contributed by atoms with van der Waals surface area (Å²) in [5.74, 6) is 0.881. The molecule has 0 aliphatic carbocycles. The Bertz CT molecular complexity index is 328. The molecule has 0 aliphatic rings. The van der Waals surface area contributed by atoms with Crippen molar-refractivity contribution in [2.45, 2.75) is 39.2 Å². The van der Waals surface area contributed by atoms with E-state index in [1.54, 1.807) is 0 Å². The molecular weight excluding hydrogens is 226 g/mol. The van der Waals surface area contributed by atoms with Crippen LogP contribution in [0.5, 0.6) is 5.75 Å². The Morgan fingerprint density at radius 3 is 2.61 bits per heavy atom.